The molecule has 4 nitrogen and oxygen atoms in total. The molecule has 0 saturated carbocycles. The lowest BCUT2D eigenvalue weighted by atomic mass is 10.0. The first kappa shape index (κ1) is 16.4. The van der Waals surface area contributed by atoms with E-state index in [4.69, 9.17) is 5.11 Å². The van der Waals surface area contributed by atoms with Gasteiger partial charge in [-0.2, -0.15) is 0 Å². The summed E-state index contributed by atoms with van der Waals surface area (Å²) in [5.41, 5.74) is 0. The lowest BCUT2D eigenvalue weighted by Crippen LogP contribution is -2.48. The largest absolute Gasteiger partial charge is 0.396 e. The SMILES string of the molecule is CCCCCNC(=O)C(C)NC(C)C(C)CO. The Labute approximate surface area is 105 Å². The summed E-state index contributed by atoms with van der Waals surface area (Å²) in [7, 11) is 0. The molecule has 3 atom stereocenters. The maximum Gasteiger partial charge on any atom is 0.236 e. The number of carbonyl (C=O) groups is 1. The lowest BCUT2D eigenvalue weighted by molar-refractivity contribution is -0.123. The number of hydrogen-bond donors (Lipinski definition) is 3. The molecule has 1 amide bonds. The van der Waals surface area contributed by atoms with Crippen LogP contribution in [0.15, 0.2) is 0 Å². The van der Waals surface area contributed by atoms with E-state index in [9.17, 15) is 4.79 Å². The molecule has 0 aliphatic carbocycles. The van der Waals surface area contributed by atoms with Gasteiger partial charge in [-0.05, 0) is 26.2 Å². The van der Waals surface area contributed by atoms with Crippen molar-refractivity contribution >= 4 is 5.91 Å². The molecule has 0 aliphatic heterocycles. The van der Waals surface area contributed by atoms with E-state index in [2.05, 4.69) is 17.6 Å². The third-order valence-corrected chi connectivity index (χ3v) is 3.13. The van der Waals surface area contributed by atoms with Crippen molar-refractivity contribution in [3.05, 3.63) is 0 Å². The van der Waals surface area contributed by atoms with Crippen LogP contribution < -0.4 is 10.6 Å². The molecule has 0 spiro atoms. The van der Waals surface area contributed by atoms with Gasteiger partial charge in [-0.3, -0.25) is 4.79 Å². The van der Waals surface area contributed by atoms with Gasteiger partial charge in [0, 0.05) is 19.2 Å². The van der Waals surface area contributed by atoms with Crippen molar-refractivity contribution in [1.82, 2.24) is 10.6 Å². The van der Waals surface area contributed by atoms with E-state index in [0.29, 0.717) is 0 Å². The summed E-state index contributed by atoms with van der Waals surface area (Å²) in [5.74, 6) is 0.198. The highest BCUT2D eigenvalue weighted by atomic mass is 16.3. The monoisotopic (exact) mass is 244 g/mol. The molecule has 0 aliphatic rings. The molecule has 0 aromatic heterocycles. The quantitative estimate of drug-likeness (QED) is 0.536. The van der Waals surface area contributed by atoms with Crippen LogP contribution in [0.5, 0.6) is 0 Å². The Hall–Kier alpha value is -0.610. The summed E-state index contributed by atoms with van der Waals surface area (Å²) in [6.07, 6.45) is 3.35. The molecule has 0 radical (unpaired) electrons. The summed E-state index contributed by atoms with van der Waals surface area (Å²) in [6, 6.07) is -0.0722. The smallest absolute Gasteiger partial charge is 0.236 e. The molecule has 102 valence electrons. The minimum Gasteiger partial charge on any atom is -0.396 e. The number of rotatable bonds is 9. The third kappa shape index (κ3) is 7.34. The van der Waals surface area contributed by atoms with Gasteiger partial charge in [-0.1, -0.05) is 26.7 Å². The standard InChI is InChI=1S/C13H28N2O2/c1-5-6-7-8-14-13(17)12(4)15-11(3)10(2)9-16/h10-12,15-16H,5-9H2,1-4H3,(H,14,17). The molecular formula is C13H28N2O2. The number of nitrogens with one attached hydrogen (secondary N) is 2. The number of unbranched alkanes of at least 4 members (excludes halogenated alkanes) is 2. The van der Waals surface area contributed by atoms with Crippen LogP contribution in [0.4, 0.5) is 0 Å². The van der Waals surface area contributed by atoms with Crippen molar-refractivity contribution in [3.8, 4) is 0 Å². The van der Waals surface area contributed by atoms with Gasteiger partial charge in [0.05, 0.1) is 6.04 Å². The van der Waals surface area contributed by atoms with Crippen LogP contribution in [0.25, 0.3) is 0 Å². The van der Waals surface area contributed by atoms with Crippen molar-refractivity contribution in [2.75, 3.05) is 13.2 Å². The highest BCUT2D eigenvalue weighted by Gasteiger charge is 2.18. The van der Waals surface area contributed by atoms with Crippen molar-refractivity contribution < 1.29 is 9.90 Å². The molecule has 0 aromatic carbocycles. The second-order valence-corrected chi connectivity index (χ2v) is 4.84. The highest BCUT2D eigenvalue weighted by molar-refractivity contribution is 5.81. The van der Waals surface area contributed by atoms with Gasteiger partial charge < -0.3 is 15.7 Å². The molecule has 3 N–H and O–H groups in total. The predicted molar refractivity (Wildman–Crippen MR) is 70.8 cm³/mol. The zero-order valence-corrected chi connectivity index (χ0v) is 11.6. The summed E-state index contributed by atoms with van der Waals surface area (Å²) in [6.45, 7) is 8.84. The van der Waals surface area contributed by atoms with Gasteiger partial charge in [0.25, 0.3) is 0 Å². The van der Waals surface area contributed by atoms with Crippen molar-refractivity contribution in [2.45, 2.75) is 59.0 Å². The fraction of sp³-hybridized carbons (Fsp3) is 0.923. The van der Waals surface area contributed by atoms with Gasteiger partial charge in [-0.15, -0.1) is 0 Å². The lowest BCUT2D eigenvalue weighted by Gasteiger charge is -2.23. The summed E-state index contributed by atoms with van der Waals surface area (Å²) in [4.78, 5) is 11.7. The average Bonchev–Trinajstić information content (AvgIpc) is 2.32. The van der Waals surface area contributed by atoms with Gasteiger partial charge in [0.15, 0.2) is 0 Å². The van der Waals surface area contributed by atoms with E-state index in [-0.39, 0.29) is 30.5 Å². The normalized spacial score (nSPS) is 16.3. The van der Waals surface area contributed by atoms with E-state index in [1.807, 2.05) is 20.8 Å². The van der Waals surface area contributed by atoms with Gasteiger partial charge >= 0.3 is 0 Å². The Morgan fingerprint density at radius 1 is 1.24 bits per heavy atom. The fourth-order valence-corrected chi connectivity index (χ4v) is 1.53. The number of carbonyl (C=O) groups excluding carboxylic acids is 1. The van der Waals surface area contributed by atoms with Crippen molar-refractivity contribution in [1.29, 1.82) is 0 Å². The molecule has 0 aromatic rings. The van der Waals surface area contributed by atoms with Crippen LogP contribution in [0, 0.1) is 5.92 Å². The number of hydrogen-bond acceptors (Lipinski definition) is 3. The summed E-state index contributed by atoms with van der Waals surface area (Å²) < 4.78 is 0. The van der Waals surface area contributed by atoms with Crippen LogP contribution >= 0.6 is 0 Å². The number of aliphatic hydroxyl groups is 1. The Kier molecular flexibility index (Phi) is 9.09. The van der Waals surface area contributed by atoms with Crippen LogP contribution in [-0.2, 0) is 4.79 Å². The van der Waals surface area contributed by atoms with E-state index < -0.39 is 0 Å². The van der Waals surface area contributed by atoms with Crippen LogP contribution in [0.1, 0.15) is 47.0 Å². The van der Waals surface area contributed by atoms with E-state index in [1.165, 1.54) is 0 Å². The molecule has 0 bridgehead atoms. The first-order valence-corrected chi connectivity index (χ1v) is 6.67. The fourth-order valence-electron chi connectivity index (χ4n) is 1.53. The van der Waals surface area contributed by atoms with Crippen molar-refractivity contribution in [2.24, 2.45) is 5.92 Å². The van der Waals surface area contributed by atoms with E-state index in [0.717, 1.165) is 25.8 Å². The van der Waals surface area contributed by atoms with Crippen LogP contribution in [-0.4, -0.2) is 36.2 Å². The average molecular weight is 244 g/mol. The Bertz CT molecular complexity index is 210. The molecule has 4 heteroatoms. The molecule has 17 heavy (non-hydrogen) atoms. The van der Waals surface area contributed by atoms with Crippen LogP contribution in [0.3, 0.4) is 0 Å². The van der Waals surface area contributed by atoms with Gasteiger partial charge in [0.1, 0.15) is 0 Å². The van der Waals surface area contributed by atoms with E-state index in [1.54, 1.807) is 0 Å². The van der Waals surface area contributed by atoms with E-state index >= 15 is 0 Å². The number of aliphatic hydroxyl groups excluding tert-OH is 1. The maximum atomic E-state index is 11.7. The van der Waals surface area contributed by atoms with Gasteiger partial charge in [-0.25, -0.2) is 0 Å². The van der Waals surface area contributed by atoms with Crippen LogP contribution in [0.2, 0.25) is 0 Å². The number of amides is 1. The minimum absolute atomic E-state index is 0.0399. The zero-order valence-electron chi connectivity index (χ0n) is 11.6. The zero-order chi connectivity index (χ0) is 13.3. The second-order valence-electron chi connectivity index (χ2n) is 4.84. The second kappa shape index (κ2) is 9.42. The third-order valence-electron chi connectivity index (χ3n) is 3.13. The Balaban J connectivity index is 3.80. The molecular weight excluding hydrogens is 216 g/mol. The maximum absolute atomic E-state index is 11.7. The summed E-state index contributed by atoms with van der Waals surface area (Å²) >= 11 is 0. The Morgan fingerprint density at radius 2 is 1.88 bits per heavy atom. The molecule has 0 fully saturated rings. The van der Waals surface area contributed by atoms with Crippen molar-refractivity contribution in [3.63, 3.8) is 0 Å². The molecule has 0 saturated heterocycles. The van der Waals surface area contributed by atoms with Gasteiger partial charge in [0.2, 0.25) is 5.91 Å². The molecule has 3 unspecified atom stereocenters. The molecule has 0 rings (SSSR count). The highest BCUT2D eigenvalue weighted by Crippen LogP contribution is 2.02. The first-order chi connectivity index (χ1) is 8.02. The predicted octanol–water partition coefficient (Wildman–Crippen LogP) is 1.29. The topological polar surface area (TPSA) is 61.4 Å². The first-order valence-electron chi connectivity index (χ1n) is 6.67. The Morgan fingerprint density at radius 3 is 2.41 bits per heavy atom. The molecule has 0 heterocycles. The minimum atomic E-state index is -0.208. The summed E-state index contributed by atoms with van der Waals surface area (Å²) in [5, 5.41) is 15.1.